The van der Waals surface area contributed by atoms with Crippen molar-refractivity contribution in [3.63, 3.8) is 0 Å². The normalized spacial score (nSPS) is 22.3. The van der Waals surface area contributed by atoms with E-state index < -0.39 is 0 Å². The third-order valence-electron chi connectivity index (χ3n) is 3.18. The lowest BCUT2D eigenvalue weighted by Crippen LogP contribution is -2.32. The third-order valence-corrected chi connectivity index (χ3v) is 3.18. The predicted octanol–water partition coefficient (Wildman–Crippen LogP) is 2.97. The van der Waals surface area contributed by atoms with Crippen LogP contribution in [-0.2, 0) is 4.74 Å². The zero-order valence-corrected chi connectivity index (χ0v) is 9.93. The molecule has 1 saturated heterocycles. The lowest BCUT2D eigenvalue weighted by atomic mass is 9.98. The maximum atomic E-state index is 11.6. The van der Waals surface area contributed by atoms with Crippen molar-refractivity contribution in [3.05, 3.63) is 0 Å². The van der Waals surface area contributed by atoms with E-state index in [1.807, 2.05) is 4.90 Å². The number of rotatable bonds is 1. The van der Waals surface area contributed by atoms with E-state index in [2.05, 4.69) is 0 Å². The zero-order chi connectivity index (χ0) is 9.80. The number of carbonyl (C=O) groups is 1. The van der Waals surface area contributed by atoms with Crippen molar-refractivity contribution in [2.45, 2.75) is 51.0 Å². The van der Waals surface area contributed by atoms with Crippen LogP contribution in [0.4, 0.5) is 4.79 Å². The van der Waals surface area contributed by atoms with Crippen molar-refractivity contribution in [3.8, 4) is 0 Å². The summed E-state index contributed by atoms with van der Waals surface area (Å²) in [5.41, 5.74) is 0. The maximum absolute atomic E-state index is 11.6. The number of amides is 1. The minimum absolute atomic E-state index is 0. The molecule has 0 N–H and O–H groups in total. The second kappa shape index (κ2) is 6.21. The van der Waals surface area contributed by atoms with E-state index in [0.29, 0.717) is 0 Å². The summed E-state index contributed by atoms with van der Waals surface area (Å²) in [4.78, 5) is 13.5. The summed E-state index contributed by atoms with van der Waals surface area (Å²) in [6, 6.07) is 0. The molecule has 0 aromatic rings. The van der Waals surface area contributed by atoms with Crippen molar-refractivity contribution in [1.29, 1.82) is 0 Å². The number of nitrogens with zero attached hydrogens (tertiary/aromatic N) is 1. The van der Waals surface area contributed by atoms with E-state index in [0.717, 1.165) is 38.8 Å². The molecule has 88 valence electrons. The van der Waals surface area contributed by atoms with Crippen molar-refractivity contribution < 1.29 is 9.53 Å². The first-order valence-electron chi connectivity index (χ1n) is 5.82. The molecule has 0 unspecified atom stereocenters. The molecular weight excluding hydrogens is 214 g/mol. The summed E-state index contributed by atoms with van der Waals surface area (Å²) < 4.78 is 5.46. The van der Waals surface area contributed by atoms with Gasteiger partial charge >= 0.3 is 6.09 Å². The van der Waals surface area contributed by atoms with Crippen molar-refractivity contribution in [2.75, 3.05) is 13.1 Å². The standard InChI is InChI=1S/C11H19NO2.ClH/c13-11(12-8-4-5-9-12)14-10-6-2-1-3-7-10;/h10H,1-9H2;1H. The van der Waals surface area contributed by atoms with E-state index in [4.69, 9.17) is 4.74 Å². The first-order valence-corrected chi connectivity index (χ1v) is 5.82. The van der Waals surface area contributed by atoms with Gasteiger partial charge in [-0.3, -0.25) is 0 Å². The highest BCUT2D eigenvalue weighted by Gasteiger charge is 2.23. The smallest absolute Gasteiger partial charge is 0.410 e. The van der Waals surface area contributed by atoms with Gasteiger partial charge in [0.1, 0.15) is 6.10 Å². The first-order chi connectivity index (χ1) is 6.86. The fourth-order valence-electron chi connectivity index (χ4n) is 2.30. The molecule has 1 aliphatic carbocycles. The lowest BCUT2D eigenvalue weighted by molar-refractivity contribution is 0.0508. The predicted molar refractivity (Wildman–Crippen MR) is 61.4 cm³/mol. The summed E-state index contributed by atoms with van der Waals surface area (Å²) in [5.74, 6) is 0. The SMILES string of the molecule is Cl.O=C(OC1CCCCC1)N1CCCC1. The molecule has 4 heteroatoms. The Hall–Kier alpha value is -0.440. The molecule has 1 aliphatic heterocycles. The molecule has 3 nitrogen and oxygen atoms in total. The second-order valence-electron chi connectivity index (χ2n) is 4.34. The van der Waals surface area contributed by atoms with Gasteiger partial charge in [-0.05, 0) is 38.5 Å². The Morgan fingerprint density at radius 2 is 1.60 bits per heavy atom. The van der Waals surface area contributed by atoms with Gasteiger partial charge in [-0.1, -0.05) is 6.42 Å². The van der Waals surface area contributed by atoms with Gasteiger partial charge in [-0.2, -0.15) is 0 Å². The Bertz CT molecular complexity index is 199. The fraction of sp³-hybridized carbons (Fsp3) is 0.909. The monoisotopic (exact) mass is 233 g/mol. The van der Waals surface area contributed by atoms with Gasteiger partial charge in [0.15, 0.2) is 0 Å². The van der Waals surface area contributed by atoms with E-state index in [1.165, 1.54) is 19.3 Å². The molecule has 0 bridgehead atoms. The highest BCUT2D eigenvalue weighted by atomic mass is 35.5. The Morgan fingerprint density at radius 3 is 2.20 bits per heavy atom. The number of likely N-dealkylation sites (tertiary alicyclic amines) is 1. The number of hydrogen-bond acceptors (Lipinski definition) is 2. The van der Waals surface area contributed by atoms with Gasteiger partial charge in [-0.25, -0.2) is 4.79 Å². The van der Waals surface area contributed by atoms with Crippen LogP contribution in [0.5, 0.6) is 0 Å². The van der Waals surface area contributed by atoms with Crippen LogP contribution < -0.4 is 0 Å². The van der Waals surface area contributed by atoms with Crippen LogP contribution in [0.2, 0.25) is 0 Å². The Balaban J connectivity index is 0.00000112. The molecule has 2 rings (SSSR count). The number of carbonyl (C=O) groups excluding carboxylic acids is 1. The van der Waals surface area contributed by atoms with Crippen LogP contribution in [0.1, 0.15) is 44.9 Å². The quantitative estimate of drug-likeness (QED) is 0.697. The largest absolute Gasteiger partial charge is 0.446 e. The molecule has 1 saturated carbocycles. The molecule has 2 fully saturated rings. The number of halogens is 1. The van der Waals surface area contributed by atoms with Crippen LogP contribution >= 0.6 is 12.4 Å². The van der Waals surface area contributed by atoms with Crippen LogP contribution in [-0.4, -0.2) is 30.2 Å². The molecule has 0 radical (unpaired) electrons. The Morgan fingerprint density at radius 1 is 1.00 bits per heavy atom. The number of ether oxygens (including phenoxy) is 1. The summed E-state index contributed by atoms with van der Waals surface area (Å²) in [6.07, 6.45) is 8.29. The molecule has 0 spiro atoms. The van der Waals surface area contributed by atoms with Crippen molar-refractivity contribution >= 4 is 18.5 Å². The molecule has 2 aliphatic rings. The van der Waals surface area contributed by atoms with Gasteiger partial charge in [0.2, 0.25) is 0 Å². The van der Waals surface area contributed by atoms with Crippen molar-refractivity contribution in [1.82, 2.24) is 4.90 Å². The van der Waals surface area contributed by atoms with Crippen LogP contribution in [0.25, 0.3) is 0 Å². The average Bonchev–Trinajstić information content (AvgIpc) is 2.72. The van der Waals surface area contributed by atoms with E-state index in [-0.39, 0.29) is 24.6 Å². The molecule has 15 heavy (non-hydrogen) atoms. The van der Waals surface area contributed by atoms with E-state index in [1.54, 1.807) is 0 Å². The van der Waals surface area contributed by atoms with E-state index >= 15 is 0 Å². The topological polar surface area (TPSA) is 29.5 Å². The van der Waals surface area contributed by atoms with Gasteiger partial charge in [0, 0.05) is 13.1 Å². The molecule has 1 amide bonds. The van der Waals surface area contributed by atoms with Crippen LogP contribution in [0, 0.1) is 0 Å². The summed E-state index contributed by atoms with van der Waals surface area (Å²) in [6.45, 7) is 1.79. The van der Waals surface area contributed by atoms with Gasteiger partial charge < -0.3 is 9.64 Å². The second-order valence-corrected chi connectivity index (χ2v) is 4.34. The highest BCUT2D eigenvalue weighted by molar-refractivity contribution is 5.85. The molecule has 0 aromatic carbocycles. The minimum Gasteiger partial charge on any atom is -0.446 e. The summed E-state index contributed by atoms with van der Waals surface area (Å²) in [7, 11) is 0. The Labute approximate surface area is 97.6 Å². The van der Waals surface area contributed by atoms with Crippen LogP contribution in [0.3, 0.4) is 0 Å². The zero-order valence-electron chi connectivity index (χ0n) is 9.11. The third kappa shape index (κ3) is 3.56. The number of hydrogen-bond donors (Lipinski definition) is 0. The van der Waals surface area contributed by atoms with E-state index in [9.17, 15) is 4.79 Å². The summed E-state index contributed by atoms with van der Waals surface area (Å²) in [5, 5.41) is 0. The average molecular weight is 234 g/mol. The Kier molecular flexibility index (Phi) is 5.23. The first kappa shape index (κ1) is 12.6. The molecule has 0 aromatic heterocycles. The van der Waals surface area contributed by atoms with Crippen molar-refractivity contribution in [2.24, 2.45) is 0 Å². The van der Waals surface area contributed by atoms with Gasteiger partial charge in [-0.15, -0.1) is 12.4 Å². The fourth-order valence-corrected chi connectivity index (χ4v) is 2.30. The van der Waals surface area contributed by atoms with Gasteiger partial charge in [0.05, 0.1) is 0 Å². The lowest BCUT2D eigenvalue weighted by Gasteiger charge is -2.24. The van der Waals surface area contributed by atoms with Crippen LogP contribution in [0.15, 0.2) is 0 Å². The molecular formula is C11H20ClNO2. The maximum Gasteiger partial charge on any atom is 0.410 e. The molecule has 0 atom stereocenters. The summed E-state index contributed by atoms with van der Waals surface area (Å²) >= 11 is 0. The highest BCUT2D eigenvalue weighted by Crippen LogP contribution is 2.21. The minimum atomic E-state index is -0.0746. The van der Waals surface area contributed by atoms with Gasteiger partial charge in [0.25, 0.3) is 0 Å². The molecule has 1 heterocycles.